The number of aromatic carboxylic acids is 1. The molecule has 2 rings (SSSR count). The molecular weight excluding hydrogens is 296 g/mol. The first-order chi connectivity index (χ1) is 9.87. The van der Waals surface area contributed by atoms with Gasteiger partial charge in [-0.2, -0.15) is 9.40 Å². The van der Waals surface area contributed by atoms with Gasteiger partial charge in [0.25, 0.3) is 10.0 Å². The molecule has 0 radical (unpaired) electrons. The molecule has 0 saturated carbocycles. The lowest BCUT2D eigenvalue weighted by molar-refractivity contribution is 0.0691. The zero-order valence-corrected chi connectivity index (χ0v) is 12.9. The van der Waals surface area contributed by atoms with Crippen LogP contribution in [0.2, 0.25) is 0 Å². The first-order valence-electron chi connectivity index (χ1n) is 6.81. The molecule has 1 atom stereocenters. The minimum atomic E-state index is -3.89. The number of sulfonamides is 1. The predicted molar refractivity (Wildman–Crippen MR) is 75.7 cm³/mol. The Hall–Kier alpha value is -1.45. The van der Waals surface area contributed by atoms with Crippen LogP contribution in [0.4, 0.5) is 0 Å². The SMILES string of the molecule is CNCC1CCCN(S(=O)(=O)c2n[nH]c(C)c2C(=O)O)C1. The second kappa shape index (κ2) is 6.12. The van der Waals surface area contributed by atoms with E-state index >= 15 is 0 Å². The van der Waals surface area contributed by atoms with Crippen LogP contribution in [0.15, 0.2) is 5.03 Å². The first kappa shape index (κ1) is 15.9. The lowest BCUT2D eigenvalue weighted by Crippen LogP contribution is -2.42. The molecule has 118 valence electrons. The van der Waals surface area contributed by atoms with E-state index in [2.05, 4.69) is 15.5 Å². The van der Waals surface area contributed by atoms with E-state index in [0.29, 0.717) is 13.1 Å². The third-order valence-electron chi connectivity index (χ3n) is 3.69. The zero-order chi connectivity index (χ0) is 15.6. The van der Waals surface area contributed by atoms with Gasteiger partial charge in [-0.25, -0.2) is 13.2 Å². The Kier molecular flexibility index (Phi) is 4.64. The van der Waals surface area contributed by atoms with E-state index < -0.39 is 21.0 Å². The molecule has 1 aliphatic heterocycles. The molecular formula is C12H20N4O4S. The van der Waals surface area contributed by atoms with Gasteiger partial charge in [0, 0.05) is 18.8 Å². The number of aromatic nitrogens is 2. The predicted octanol–water partition coefficient (Wildman–Crippen LogP) is 0.0364. The smallest absolute Gasteiger partial charge is 0.340 e. The van der Waals surface area contributed by atoms with E-state index in [4.69, 9.17) is 0 Å². The van der Waals surface area contributed by atoms with Crippen molar-refractivity contribution in [3.05, 3.63) is 11.3 Å². The molecule has 8 nitrogen and oxygen atoms in total. The van der Waals surface area contributed by atoms with Crippen LogP contribution in [0.25, 0.3) is 0 Å². The highest BCUT2D eigenvalue weighted by Crippen LogP contribution is 2.25. The molecule has 0 aliphatic carbocycles. The minimum Gasteiger partial charge on any atom is -0.478 e. The van der Waals surface area contributed by atoms with Crippen LogP contribution in [0.5, 0.6) is 0 Å². The van der Waals surface area contributed by atoms with Crippen molar-refractivity contribution >= 4 is 16.0 Å². The first-order valence-corrected chi connectivity index (χ1v) is 8.25. The maximum atomic E-state index is 12.6. The average molecular weight is 316 g/mol. The largest absolute Gasteiger partial charge is 0.478 e. The van der Waals surface area contributed by atoms with Crippen LogP contribution in [0.3, 0.4) is 0 Å². The summed E-state index contributed by atoms with van der Waals surface area (Å²) in [7, 11) is -2.06. The summed E-state index contributed by atoms with van der Waals surface area (Å²) < 4.78 is 26.6. The molecule has 21 heavy (non-hydrogen) atoms. The maximum absolute atomic E-state index is 12.6. The monoisotopic (exact) mass is 316 g/mol. The number of rotatable bonds is 5. The number of carboxylic acids is 1. The highest BCUT2D eigenvalue weighted by molar-refractivity contribution is 7.89. The fourth-order valence-electron chi connectivity index (χ4n) is 2.67. The van der Waals surface area contributed by atoms with Gasteiger partial charge in [0.2, 0.25) is 5.03 Å². The lowest BCUT2D eigenvalue weighted by atomic mass is 10.00. The Labute approximate surface area is 123 Å². The van der Waals surface area contributed by atoms with E-state index in [1.807, 2.05) is 7.05 Å². The van der Waals surface area contributed by atoms with Gasteiger partial charge in [-0.1, -0.05) is 0 Å². The Morgan fingerprint density at radius 1 is 1.57 bits per heavy atom. The van der Waals surface area contributed by atoms with Gasteiger partial charge in [0.15, 0.2) is 0 Å². The Morgan fingerprint density at radius 3 is 2.90 bits per heavy atom. The molecule has 1 unspecified atom stereocenters. The number of piperidine rings is 1. The quantitative estimate of drug-likeness (QED) is 0.706. The summed E-state index contributed by atoms with van der Waals surface area (Å²) in [5.41, 5.74) is -0.0319. The highest BCUT2D eigenvalue weighted by Gasteiger charge is 2.35. The van der Waals surface area contributed by atoms with E-state index in [1.165, 1.54) is 11.2 Å². The molecule has 0 aromatic carbocycles. The third kappa shape index (κ3) is 3.09. The summed E-state index contributed by atoms with van der Waals surface area (Å²) in [4.78, 5) is 11.2. The van der Waals surface area contributed by atoms with Crippen LogP contribution in [-0.4, -0.2) is 60.7 Å². The molecule has 0 amide bonds. The van der Waals surface area contributed by atoms with Crippen LogP contribution < -0.4 is 5.32 Å². The molecule has 9 heteroatoms. The molecule has 1 aromatic rings. The van der Waals surface area contributed by atoms with Crippen LogP contribution in [-0.2, 0) is 10.0 Å². The summed E-state index contributed by atoms with van der Waals surface area (Å²) in [5, 5.41) is 18.0. The maximum Gasteiger partial charge on any atom is 0.340 e. The summed E-state index contributed by atoms with van der Waals surface area (Å²) in [6, 6.07) is 0. The number of nitrogens with one attached hydrogen (secondary N) is 2. The normalized spacial score (nSPS) is 20.6. The summed E-state index contributed by atoms with van der Waals surface area (Å²) >= 11 is 0. The number of hydrogen-bond donors (Lipinski definition) is 3. The van der Waals surface area contributed by atoms with Crippen molar-refractivity contribution in [2.45, 2.75) is 24.8 Å². The van der Waals surface area contributed by atoms with E-state index in [1.54, 1.807) is 0 Å². The molecule has 2 heterocycles. The fourth-order valence-corrected chi connectivity index (χ4v) is 4.35. The Morgan fingerprint density at radius 2 is 2.29 bits per heavy atom. The second-order valence-corrected chi connectivity index (χ2v) is 7.12. The lowest BCUT2D eigenvalue weighted by Gasteiger charge is -2.31. The summed E-state index contributed by atoms with van der Waals surface area (Å²) in [6.45, 7) is 3.01. The van der Waals surface area contributed by atoms with E-state index in [-0.39, 0.29) is 17.2 Å². The van der Waals surface area contributed by atoms with Crippen molar-refractivity contribution in [2.24, 2.45) is 5.92 Å². The number of H-pyrrole nitrogens is 1. The number of hydrogen-bond acceptors (Lipinski definition) is 5. The Balaban J connectivity index is 2.32. The van der Waals surface area contributed by atoms with Crippen molar-refractivity contribution in [3.8, 4) is 0 Å². The number of carbonyl (C=O) groups is 1. The topological polar surface area (TPSA) is 115 Å². The van der Waals surface area contributed by atoms with Gasteiger partial charge >= 0.3 is 5.97 Å². The van der Waals surface area contributed by atoms with Gasteiger partial charge < -0.3 is 10.4 Å². The van der Waals surface area contributed by atoms with Crippen molar-refractivity contribution in [1.82, 2.24) is 19.8 Å². The van der Waals surface area contributed by atoms with Crippen molar-refractivity contribution in [1.29, 1.82) is 0 Å². The van der Waals surface area contributed by atoms with E-state index in [9.17, 15) is 18.3 Å². The fraction of sp³-hybridized carbons (Fsp3) is 0.667. The highest BCUT2D eigenvalue weighted by atomic mass is 32.2. The number of nitrogens with zero attached hydrogens (tertiary/aromatic N) is 2. The Bertz CT molecular complexity index is 623. The third-order valence-corrected chi connectivity index (χ3v) is 5.48. The van der Waals surface area contributed by atoms with Crippen LogP contribution >= 0.6 is 0 Å². The molecule has 1 aliphatic rings. The van der Waals surface area contributed by atoms with Crippen molar-refractivity contribution < 1.29 is 18.3 Å². The minimum absolute atomic E-state index is 0.229. The van der Waals surface area contributed by atoms with E-state index in [0.717, 1.165) is 19.4 Å². The molecule has 0 bridgehead atoms. The van der Waals surface area contributed by atoms with Gasteiger partial charge in [-0.05, 0) is 39.3 Å². The number of aryl methyl sites for hydroxylation is 1. The molecule has 0 spiro atoms. The molecule has 3 N–H and O–H groups in total. The van der Waals surface area contributed by atoms with Crippen LogP contribution in [0.1, 0.15) is 28.9 Å². The van der Waals surface area contributed by atoms with Crippen molar-refractivity contribution in [3.63, 3.8) is 0 Å². The summed E-state index contributed by atoms with van der Waals surface area (Å²) in [5.74, 6) is -1.06. The molecule has 1 fully saturated rings. The zero-order valence-electron chi connectivity index (χ0n) is 12.1. The average Bonchev–Trinajstić information content (AvgIpc) is 2.82. The number of aromatic amines is 1. The van der Waals surface area contributed by atoms with Gasteiger partial charge in [0.1, 0.15) is 5.56 Å². The van der Waals surface area contributed by atoms with Gasteiger partial charge in [-0.3, -0.25) is 5.10 Å². The van der Waals surface area contributed by atoms with Crippen molar-refractivity contribution in [2.75, 3.05) is 26.7 Å². The number of carboxylic acid groups (broad SMARTS) is 1. The molecule has 1 saturated heterocycles. The van der Waals surface area contributed by atoms with Gasteiger partial charge in [-0.15, -0.1) is 0 Å². The van der Waals surface area contributed by atoms with Crippen LogP contribution in [0, 0.1) is 12.8 Å². The second-order valence-electron chi connectivity index (χ2n) is 5.26. The van der Waals surface area contributed by atoms with Gasteiger partial charge in [0.05, 0.1) is 0 Å². The summed E-state index contributed by atoms with van der Waals surface area (Å²) in [6.07, 6.45) is 1.72. The standard InChI is InChI=1S/C12H20N4O4S/c1-8-10(12(17)18)11(15-14-8)21(19,20)16-5-3-4-9(7-16)6-13-2/h9,13H,3-7H2,1-2H3,(H,14,15)(H,17,18). The molecule has 1 aromatic heterocycles.